The number of nitrogens with zero attached hydrogens (tertiary/aromatic N) is 1. The van der Waals surface area contributed by atoms with Crippen molar-refractivity contribution in [3.05, 3.63) is 29.3 Å². The molecular formula is C17H26N2OS. The lowest BCUT2D eigenvalue weighted by atomic mass is 10.2. The highest BCUT2D eigenvalue weighted by Gasteiger charge is 2.25. The summed E-state index contributed by atoms with van der Waals surface area (Å²) < 4.78 is 0. The van der Waals surface area contributed by atoms with E-state index >= 15 is 0 Å². The van der Waals surface area contributed by atoms with Gasteiger partial charge >= 0.3 is 0 Å². The molecule has 1 N–H and O–H groups in total. The second-order valence-electron chi connectivity index (χ2n) is 5.79. The summed E-state index contributed by atoms with van der Waals surface area (Å²) >= 11 is 1.67. The Labute approximate surface area is 132 Å². The molecule has 21 heavy (non-hydrogen) atoms. The summed E-state index contributed by atoms with van der Waals surface area (Å²) in [5, 5.41) is 3.36. The first kappa shape index (κ1) is 16.4. The number of thioether (sulfide) groups is 1. The molecule has 1 aliphatic heterocycles. The van der Waals surface area contributed by atoms with Crippen molar-refractivity contribution in [1.29, 1.82) is 0 Å². The number of nitrogens with one attached hydrogen (secondary N) is 1. The third-order valence-corrected chi connectivity index (χ3v) is 5.10. The predicted molar refractivity (Wildman–Crippen MR) is 89.9 cm³/mol. The zero-order valence-corrected chi connectivity index (χ0v) is 14.1. The minimum Gasteiger partial charge on any atom is -0.338 e. The van der Waals surface area contributed by atoms with Crippen molar-refractivity contribution in [1.82, 2.24) is 10.2 Å². The van der Waals surface area contributed by atoms with Crippen molar-refractivity contribution in [3.63, 3.8) is 0 Å². The van der Waals surface area contributed by atoms with E-state index in [1.165, 1.54) is 16.0 Å². The van der Waals surface area contributed by atoms with E-state index < -0.39 is 0 Å². The van der Waals surface area contributed by atoms with Crippen LogP contribution in [0.4, 0.5) is 0 Å². The van der Waals surface area contributed by atoms with Gasteiger partial charge in [-0.1, -0.05) is 24.6 Å². The number of rotatable bonds is 6. The predicted octanol–water partition coefficient (Wildman–Crippen LogP) is 3.00. The Bertz CT molecular complexity index is 484. The fraction of sp³-hybridized carbons (Fsp3) is 0.588. The van der Waals surface area contributed by atoms with Gasteiger partial charge in [0.25, 0.3) is 0 Å². The number of benzene rings is 1. The first-order valence-electron chi connectivity index (χ1n) is 7.82. The zero-order valence-electron chi connectivity index (χ0n) is 13.3. The Hall–Kier alpha value is -1.00. The number of amides is 1. The molecular weight excluding hydrogens is 280 g/mol. The average Bonchev–Trinajstić information content (AvgIpc) is 2.99. The first-order valence-corrected chi connectivity index (χ1v) is 8.80. The van der Waals surface area contributed by atoms with E-state index in [9.17, 15) is 4.79 Å². The van der Waals surface area contributed by atoms with Gasteiger partial charge in [-0.3, -0.25) is 4.79 Å². The molecule has 0 radical (unpaired) electrons. The highest BCUT2D eigenvalue weighted by molar-refractivity contribution is 8.00. The van der Waals surface area contributed by atoms with Gasteiger partial charge in [0.2, 0.25) is 5.91 Å². The van der Waals surface area contributed by atoms with Crippen LogP contribution in [0.1, 0.15) is 30.9 Å². The van der Waals surface area contributed by atoms with Crippen LogP contribution in [0.5, 0.6) is 0 Å². The van der Waals surface area contributed by atoms with Gasteiger partial charge in [-0.25, -0.2) is 0 Å². The number of hydrogen-bond acceptors (Lipinski definition) is 3. The minimum atomic E-state index is 0.274. The van der Waals surface area contributed by atoms with Gasteiger partial charge < -0.3 is 10.2 Å². The number of carbonyl (C=O) groups excluding carboxylic acids is 1. The molecule has 116 valence electrons. The second kappa shape index (κ2) is 7.85. The van der Waals surface area contributed by atoms with Crippen LogP contribution in [0.2, 0.25) is 0 Å². The number of hydrogen-bond donors (Lipinski definition) is 1. The Balaban J connectivity index is 1.96. The number of aryl methyl sites for hydroxylation is 2. The fourth-order valence-corrected chi connectivity index (χ4v) is 3.75. The summed E-state index contributed by atoms with van der Waals surface area (Å²) in [5.41, 5.74) is 2.50. The lowest BCUT2D eigenvalue weighted by Gasteiger charge is -2.28. The molecule has 2 rings (SSSR count). The Morgan fingerprint density at radius 1 is 1.43 bits per heavy atom. The Morgan fingerprint density at radius 3 is 2.90 bits per heavy atom. The quantitative estimate of drug-likeness (QED) is 0.820. The highest BCUT2D eigenvalue weighted by atomic mass is 32.2. The van der Waals surface area contributed by atoms with Crippen molar-refractivity contribution in [2.75, 3.05) is 25.4 Å². The van der Waals surface area contributed by atoms with Crippen LogP contribution in [0.25, 0.3) is 0 Å². The van der Waals surface area contributed by atoms with Gasteiger partial charge in [0.15, 0.2) is 0 Å². The van der Waals surface area contributed by atoms with Crippen LogP contribution >= 0.6 is 11.8 Å². The standard InChI is InChI=1S/C17H26N2OS/c1-4-9-19(15-7-8-18-11-15)17(20)12-21-16-10-13(2)5-6-14(16)3/h5-6,10,15,18H,4,7-9,11-12H2,1-3H3. The molecule has 1 amide bonds. The molecule has 1 atom stereocenters. The minimum absolute atomic E-state index is 0.274. The second-order valence-corrected chi connectivity index (χ2v) is 6.81. The highest BCUT2D eigenvalue weighted by Crippen LogP contribution is 2.24. The van der Waals surface area contributed by atoms with Crippen molar-refractivity contribution < 1.29 is 4.79 Å². The van der Waals surface area contributed by atoms with Gasteiger partial charge in [-0.05, 0) is 44.9 Å². The van der Waals surface area contributed by atoms with Crippen molar-refractivity contribution in [3.8, 4) is 0 Å². The third kappa shape index (κ3) is 4.48. The van der Waals surface area contributed by atoms with E-state index in [0.717, 1.165) is 32.5 Å². The van der Waals surface area contributed by atoms with E-state index in [0.29, 0.717) is 11.8 Å². The van der Waals surface area contributed by atoms with E-state index in [2.05, 4.69) is 49.2 Å². The lowest BCUT2D eigenvalue weighted by Crippen LogP contribution is -2.43. The maximum absolute atomic E-state index is 12.6. The maximum atomic E-state index is 12.6. The summed E-state index contributed by atoms with van der Waals surface area (Å²) in [6, 6.07) is 6.81. The van der Waals surface area contributed by atoms with Gasteiger partial charge in [-0.2, -0.15) is 0 Å². The SMILES string of the molecule is CCCN(C(=O)CSc1cc(C)ccc1C)C1CCNC1. The largest absolute Gasteiger partial charge is 0.338 e. The first-order chi connectivity index (χ1) is 10.1. The van der Waals surface area contributed by atoms with Gasteiger partial charge in [0.05, 0.1) is 5.75 Å². The summed E-state index contributed by atoms with van der Waals surface area (Å²) in [4.78, 5) is 15.9. The summed E-state index contributed by atoms with van der Waals surface area (Å²) in [5.74, 6) is 0.817. The summed E-state index contributed by atoms with van der Waals surface area (Å²) in [7, 11) is 0. The van der Waals surface area contributed by atoms with E-state index in [-0.39, 0.29) is 5.91 Å². The summed E-state index contributed by atoms with van der Waals surface area (Å²) in [6.45, 7) is 9.19. The monoisotopic (exact) mass is 306 g/mol. The van der Waals surface area contributed by atoms with Crippen LogP contribution in [-0.4, -0.2) is 42.2 Å². The van der Waals surface area contributed by atoms with Crippen molar-refractivity contribution in [2.45, 2.75) is 44.6 Å². The van der Waals surface area contributed by atoms with Crippen LogP contribution in [-0.2, 0) is 4.79 Å². The molecule has 0 bridgehead atoms. The molecule has 1 aliphatic rings. The topological polar surface area (TPSA) is 32.3 Å². The van der Waals surface area contributed by atoms with Gasteiger partial charge in [0, 0.05) is 24.0 Å². The molecule has 0 aliphatic carbocycles. The molecule has 1 aromatic rings. The fourth-order valence-electron chi connectivity index (χ4n) is 2.74. The van der Waals surface area contributed by atoms with E-state index in [1.807, 2.05) is 0 Å². The van der Waals surface area contributed by atoms with Crippen LogP contribution in [0.3, 0.4) is 0 Å². The molecule has 1 unspecified atom stereocenters. The average molecular weight is 306 g/mol. The van der Waals surface area contributed by atoms with Crippen molar-refractivity contribution in [2.24, 2.45) is 0 Å². The third-order valence-electron chi connectivity index (χ3n) is 3.95. The van der Waals surface area contributed by atoms with E-state index in [1.54, 1.807) is 11.8 Å². The van der Waals surface area contributed by atoms with Gasteiger partial charge in [-0.15, -0.1) is 11.8 Å². The molecule has 1 aromatic carbocycles. The van der Waals surface area contributed by atoms with Gasteiger partial charge in [0.1, 0.15) is 0 Å². The van der Waals surface area contributed by atoms with Crippen LogP contribution in [0.15, 0.2) is 23.1 Å². The smallest absolute Gasteiger partial charge is 0.233 e. The molecule has 0 saturated carbocycles. The molecule has 1 heterocycles. The van der Waals surface area contributed by atoms with Crippen molar-refractivity contribution >= 4 is 17.7 Å². The summed E-state index contributed by atoms with van der Waals surface area (Å²) in [6.07, 6.45) is 2.11. The molecule has 3 nitrogen and oxygen atoms in total. The molecule has 1 saturated heterocycles. The zero-order chi connectivity index (χ0) is 15.2. The Kier molecular flexibility index (Phi) is 6.12. The normalized spacial score (nSPS) is 18.0. The molecule has 0 aromatic heterocycles. The molecule has 1 fully saturated rings. The van der Waals surface area contributed by atoms with E-state index in [4.69, 9.17) is 0 Å². The van der Waals surface area contributed by atoms with Crippen LogP contribution < -0.4 is 5.32 Å². The number of carbonyl (C=O) groups is 1. The molecule has 4 heteroatoms. The lowest BCUT2D eigenvalue weighted by molar-refractivity contribution is -0.130. The van der Waals surface area contributed by atoms with Crippen LogP contribution in [0, 0.1) is 13.8 Å². The molecule has 0 spiro atoms. The maximum Gasteiger partial charge on any atom is 0.233 e. The Morgan fingerprint density at radius 2 is 2.24 bits per heavy atom.